The smallest absolute Gasteiger partial charge is 0.138 e. The summed E-state index contributed by atoms with van der Waals surface area (Å²) < 4.78 is 11.4. The average Bonchev–Trinajstić information content (AvgIpc) is 3.74. The molecule has 0 saturated carbocycles. The summed E-state index contributed by atoms with van der Waals surface area (Å²) in [5.41, 5.74) is 3.83. The molecular weight excluding hydrogens is 577 g/mol. The summed E-state index contributed by atoms with van der Waals surface area (Å²) >= 11 is 3.64. The molecule has 5 heteroatoms. The van der Waals surface area contributed by atoms with Crippen molar-refractivity contribution in [2.24, 2.45) is 0 Å². The predicted octanol–water partition coefficient (Wildman–Crippen LogP) is 12.3. The van der Waals surface area contributed by atoms with Crippen LogP contribution in [0.5, 0.6) is 0 Å². The van der Waals surface area contributed by atoms with Crippen LogP contribution in [-0.4, -0.2) is 4.98 Å². The third kappa shape index (κ3) is 3.57. The summed E-state index contributed by atoms with van der Waals surface area (Å²) in [5, 5.41) is 9.77. The molecule has 0 fully saturated rings. The average molecular weight is 599 g/mol. The summed E-state index contributed by atoms with van der Waals surface area (Å²) in [4.78, 5) is 7.35. The van der Waals surface area contributed by atoms with E-state index in [0.717, 1.165) is 39.1 Å². The van der Waals surface area contributed by atoms with E-state index < -0.39 is 0 Å². The van der Waals surface area contributed by atoms with E-state index in [0.29, 0.717) is 0 Å². The Morgan fingerprint density at radius 3 is 2.05 bits per heavy atom. The maximum Gasteiger partial charge on any atom is 0.138 e. The van der Waals surface area contributed by atoms with E-state index >= 15 is 0 Å². The summed E-state index contributed by atoms with van der Waals surface area (Å²) in [7, 11) is 0. The molecule has 6 aromatic carbocycles. The van der Waals surface area contributed by atoms with Gasteiger partial charge in [-0.2, -0.15) is 0 Å². The lowest BCUT2D eigenvalue weighted by atomic mass is 10.1. The Balaban J connectivity index is 1.23. The monoisotopic (exact) mass is 598 g/mol. The number of benzene rings is 6. The van der Waals surface area contributed by atoms with Gasteiger partial charge in [-0.25, -0.2) is 4.98 Å². The molecule has 0 aliphatic rings. The number of para-hydroxylation sites is 1. The van der Waals surface area contributed by atoms with Gasteiger partial charge in [-0.05, 0) is 71.4 Å². The molecule has 10 rings (SSSR count). The fraction of sp³-hybridized carbons (Fsp3) is 0. The lowest BCUT2D eigenvalue weighted by Crippen LogP contribution is -2.11. The third-order valence-corrected chi connectivity index (χ3v) is 10.9. The zero-order chi connectivity index (χ0) is 28.8. The van der Waals surface area contributed by atoms with Crippen molar-refractivity contribution >= 4 is 113 Å². The van der Waals surface area contributed by atoms with Crippen molar-refractivity contribution < 1.29 is 4.42 Å². The zero-order valence-corrected chi connectivity index (χ0v) is 25.0. The molecule has 4 heterocycles. The van der Waals surface area contributed by atoms with E-state index in [1.54, 1.807) is 11.3 Å². The van der Waals surface area contributed by atoms with E-state index in [9.17, 15) is 0 Å². The van der Waals surface area contributed by atoms with Crippen molar-refractivity contribution in [2.75, 3.05) is 4.90 Å². The maximum absolute atomic E-state index is 6.34. The Morgan fingerprint density at radius 2 is 1.11 bits per heavy atom. The maximum atomic E-state index is 6.34. The molecule has 0 aliphatic carbocycles. The van der Waals surface area contributed by atoms with E-state index in [1.807, 2.05) is 29.7 Å². The Kier molecular flexibility index (Phi) is 5.03. The summed E-state index contributed by atoms with van der Waals surface area (Å²) in [6, 6.07) is 45.6. The molecule has 0 radical (unpaired) electrons. The van der Waals surface area contributed by atoms with Crippen molar-refractivity contribution in [3.8, 4) is 0 Å². The van der Waals surface area contributed by atoms with Crippen LogP contribution in [0.4, 0.5) is 17.2 Å². The second kappa shape index (κ2) is 9.13. The second-order valence-corrected chi connectivity index (χ2v) is 13.4. The number of furan rings is 1. The molecule has 0 atom stereocenters. The first-order chi connectivity index (χ1) is 21.8. The molecule has 0 amide bonds. The van der Waals surface area contributed by atoms with Crippen LogP contribution in [0.2, 0.25) is 0 Å². The highest BCUT2D eigenvalue weighted by atomic mass is 32.1. The highest BCUT2D eigenvalue weighted by molar-refractivity contribution is 7.26. The highest BCUT2D eigenvalue weighted by Gasteiger charge is 2.19. The normalized spacial score (nSPS) is 12.1. The van der Waals surface area contributed by atoms with Crippen LogP contribution < -0.4 is 4.90 Å². The van der Waals surface area contributed by atoms with Crippen molar-refractivity contribution in [1.29, 1.82) is 0 Å². The van der Waals surface area contributed by atoms with Gasteiger partial charge in [-0.15, -0.1) is 22.7 Å². The van der Waals surface area contributed by atoms with Gasteiger partial charge in [0, 0.05) is 64.4 Å². The van der Waals surface area contributed by atoms with Gasteiger partial charge in [-0.1, -0.05) is 60.7 Å². The van der Waals surface area contributed by atoms with Gasteiger partial charge in [0.1, 0.15) is 17.0 Å². The molecule has 44 heavy (non-hydrogen) atoms. The molecule has 4 aromatic heterocycles. The number of anilines is 3. The minimum atomic E-state index is 0.865. The van der Waals surface area contributed by atoms with Gasteiger partial charge in [0.25, 0.3) is 0 Å². The number of fused-ring (bicyclic) bond motifs is 10. The number of pyridine rings is 1. The number of hydrogen-bond acceptors (Lipinski definition) is 5. The molecule has 0 spiro atoms. The zero-order valence-electron chi connectivity index (χ0n) is 23.3. The molecule has 0 unspecified atom stereocenters. The van der Waals surface area contributed by atoms with Crippen molar-refractivity contribution in [3.63, 3.8) is 0 Å². The van der Waals surface area contributed by atoms with Crippen molar-refractivity contribution in [2.45, 2.75) is 0 Å². The first kappa shape index (κ1) is 24.2. The quantitative estimate of drug-likeness (QED) is 0.203. The highest BCUT2D eigenvalue weighted by Crippen LogP contribution is 2.44. The molecule has 3 nitrogen and oxygen atoms in total. The van der Waals surface area contributed by atoms with Crippen LogP contribution in [0.15, 0.2) is 138 Å². The van der Waals surface area contributed by atoms with Crippen LogP contribution in [0, 0.1) is 0 Å². The van der Waals surface area contributed by atoms with Crippen LogP contribution in [0.1, 0.15) is 0 Å². The van der Waals surface area contributed by atoms with Crippen LogP contribution >= 0.6 is 22.7 Å². The van der Waals surface area contributed by atoms with Crippen LogP contribution in [-0.2, 0) is 0 Å². The molecule has 0 saturated heterocycles. The van der Waals surface area contributed by atoms with Gasteiger partial charge < -0.3 is 4.42 Å². The van der Waals surface area contributed by atoms with Crippen LogP contribution in [0.25, 0.3) is 73.1 Å². The van der Waals surface area contributed by atoms with Gasteiger partial charge in [0.15, 0.2) is 0 Å². The minimum Gasteiger partial charge on any atom is -0.456 e. The summed E-state index contributed by atoms with van der Waals surface area (Å²) in [6.07, 6.45) is 2.03. The van der Waals surface area contributed by atoms with E-state index in [4.69, 9.17) is 9.40 Å². The summed E-state index contributed by atoms with van der Waals surface area (Å²) in [5.74, 6) is 0.875. The van der Waals surface area contributed by atoms with Crippen LogP contribution in [0.3, 0.4) is 0 Å². The first-order valence-corrected chi connectivity index (χ1v) is 16.2. The lowest BCUT2D eigenvalue weighted by molar-refractivity contribution is 0.669. The molecule has 0 aliphatic heterocycles. The second-order valence-electron chi connectivity index (χ2n) is 11.2. The largest absolute Gasteiger partial charge is 0.456 e. The number of nitrogens with zero attached hydrogens (tertiary/aromatic N) is 2. The van der Waals surface area contributed by atoms with Crippen molar-refractivity contribution in [1.82, 2.24) is 4.98 Å². The van der Waals surface area contributed by atoms with Gasteiger partial charge in [-0.3, -0.25) is 4.90 Å². The fourth-order valence-electron chi connectivity index (χ4n) is 6.60. The minimum absolute atomic E-state index is 0.865. The molecule has 0 N–H and O–H groups in total. The Bertz CT molecular complexity index is 2750. The standard InChI is InChI=1S/C39H22N2OS2/c1-2-8-24-18-37-30(17-23(24)7-1)32-21-39(40-22-38(32)44-37)41(25-14-16-36-31(19-25)29-10-4-6-12-35(29)43-36)26-13-15-28-27-9-3-5-11-33(27)42-34(28)20-26/h1-22H. The molecule has 0 bridgehead atoms. The van der Waals surface area contributed by atoms with E-state index in [1.165, 1.54) is 51.1 Å². The van der Waals surface area contributed by atoms with Crippen molar-refractivity contribution in [3.05, 3.63) is 134 Å². The molecule has 10 aromatic rings. The SMILES string of the molecule is c1ccc2cc3c(cc2c1)sc1cnc(N(c2ccc4c(c2)oc2ccccc24)c2ccc4sc5ccccc5c4c2)cc13. The Hall–Kier alpha value is -5.23. The summed E-state index contributed by atoms with van der Waals surface area (Å²) in [6.45, 7) is 0. The number of hydrogen-bond donors (Lipinski definition) is 0. The fourth-order valence-corrected chi connectivity index (χ4v) is 8.77. The number of aromatic nitrogens is 1. The Labute approximate surface area is 259 Å². The lowest BCUT2D eigenvalue weighted by Gasteiger charge is -2.24. The topological polar surface area (TPSA) is 29.3 Å². The molecule has 206 valence electrons. The van der Waals surface area contributed by atoms with E-state index in [-0.39, 0.29) is 0 Å². The number of thiophene rings is 2. The van der Waals surface area contributed by atoms with Gasteiger partial charge in [0.05, 0.1) is 10.4 Å². The number of rotatable bonds is 3. The molecular formula is C39H22N2OS2. The first-order valence-electron chi connectivity index (χ1n) is 14.6. The Morgan fingerprint density at radius 1 is 0.455 bits per heavy atom. The predicted molar refractivity (Wildman–Crippen MR) is 189 cm³/mol. The third-order valence-electron chi connectivity index (χ3n) is 8.68. The van der Waals surface area contributed by atoms with Gasteiger partial charge in [0.2, 0.25) is 0 Å². The van der Waals surface area contributed by atoms with E-state index in [2.05, 4.69) is 120 Å². The van der Waals surface area contributed by atoms with Gasteiger partial charge >= 0.3 is 0 Å².